The number of hydrogen-bond acceptors (Lipinski definition) is 2. The molecule has 2 aromatic rings. The van der Waals surface area contributed by atoms with Crippen molar-refractivity contribution < 1.29 is 8.78 Å². The van der Waals surface area contributed by atoms with Crippen LogP contribution in [0.2, 0.25) is 5.15 Å². The molecule has 0 saturated heterocycles. The van der Waals surface area contributed by atoms with Crippen molar-refractivity contribution in [1.82, 2.24) is 9.97 Å². The van der Waals surface area contributed by atoms with E-state index in [0.29, 0.717) is 17.1 Å². The maximum Gasteiger partial charge on any atom is 0.136 e. The van der Waals surface area contributed by atoms with Crippen LogP contribution in [-0.4, -0.2) is 9.97 Å². The Morgan fingerprint density at radius 1 is 0.947 bits per heavy atom. The maximum absolute atomic E-state index is 13.2. The number of halogens is 3. The summed E-state index contributed by atoms with van der Waals surface area (Å²) >= 11 is 5.95. The SMILES string of the molecule is CC(C)(C)c1nc(Cl)cc(-c2cc(F)cc(F)c2)n1. The lowest BCUT2D eigenvalue weighted by Gasteiger charge is -2.17. The lowest BCUT2D eigenvalue weighted by atomic mass is 9.95. The fourth-order valence-electron chi connectivity index (χ4n) is 1.60. The zero-order chi connectivity index (χ0) is 14.2. The predicted molar refractivity (Wildman–Crippen MR) is 71.1 cm³/mol. The van der Waals surface area contributed by atoms with Gasteiger partial charge in [0.25, 0.3) is 0 Å². The number of benzene rings is 1. The number of hydrogen-bond donors (Lipinski definition) is 0. The standard InChI is InChI=1S/C14H13ClF2N2/c1-14(2,3)13-18-11(7-12(15)19-13)8-4-9(16)6-10(17)5-8/h4-7H,1-3H3. The van der Waals surface area contributed by atoms with E-state index in [4.69, 9.17) is 11.6 Å². The van der Waals surface area contributed by atoms with Crippen molar-refractivity contribution in [3.05, 3.63) is 46.9 Å². The first-order valence-electron chi connectivity index (χ1n) is 5.77. The molecule has 0 N–H and O–H groups in total. The summed E-state index contributed by atoms with van der Waals surface area (Å²) in [6, 6.07) is 4.74. The third-order valence-corrected chi connectivity index (χ3v) is 2.72. The van der Waals surface area contributed by atoms with Crippen molar-refractivity contribution in [2.45, 2.75) is 26.2 Å². The lowest BCUT2D eigenvalue weighted by Crippen LogP contribution is -2.16. The molecule has 0 fully saturated rings. The zero-order valence-corrected chi connectivity index (χ0v) is 11.6. The van der Waals surface area contributed by atoms with Gasteiger partial charge in [-0.3, -0.25) is 0 Å². The van der Waals surface area contributed by atoms with E-state index >= 15 is 0 Å². The summed E-state index contributed by atoms with van der Waals surface area (Å²) in [5.41, 5.74) is 0.446. The van der Waals surface area contributed by atoms with E-state index in [-0.39, 0.29) is 10.6 Å². The van der Waals surface area contributed by atoms with Gasteiger partial charge in [-0.05, 0) is 12.1 Å². The Balaban J connectivity index is 2.59. The molecule has 5 heteroatoms. The molecular weight excluding hydrogens is 270 g/mol. The molecule has 0 aliphatic rings. The Morgan fingerprint density at radius 2 is 1.53 bits per heavy atom. The fourth-order valence-corrected chi connectivity index (χ4v) is 1.79. The van der Waals surface area contributed by atoms with Gasteiger partial charge in [0.15, 0.2) is 0 Å². The summed E-state index contributed by atoms with van der Waals surface area (Å²) in [7, 11) is 0. The molecule has 0 unspecified atom stereocenters. The zero-order valence-electron chi connectivity index (χ0n) is 10.8. The molecule has 2 rings (SSSR count). The van der Waals surface area contributed by atoms with E-state index in [9.17, 15) is 8.78 Å². The van der Waals surface area contributed by atoms with Gasteiger partial charge in [0.2, 0.25) is 0 Å². The molecule has 19 heavy (non-hydrogen) atoms. The smallest absolute Gasteiger partial charge is 0.136 e. The van der Waals surface area contributed by atoms with Gasteiger partial charge in [-0.15, -0.1) is 0 Å². The lowest BCUT2D eigenvalue weighted by molar-refractivity contribution is 0.546. The largest absolute Gasteiger partial charge is 0.232 e. The molecule has 0 aliphatic carbocycles. The van der Waals surface area contributed by atoms with Crippen molar-refractivity contribution >= 4 is 11.6 Å². The van der Waals surface area contributed by atoms with Crippen LogP contribution in [0.1, 0.15) is 26.6 Å². The highest BCUT2D eigenvalue weighted by Crippen LogP contribution is 2.26. The first kappa shape index (κ1) is 13.9. The summed E-state index contributed by atoms with van der Waals surface area (Å²) in [4.78, 5) is 8.47. The van der Waals surface area contributed by atoms with E-state index in [0.717, 1.165) is 6.07 Å². The molecule has 0 amide bonds. The number of aromatic nitrogens is 2. The van der Waals surface area contributed by atoms with E-state index in [1.54, 1.807) is 0 Å². The molecule has 1 aromatic carbocycles. The van der Waals surface area contributed by atoms with Crippen molar-refractivity contribution in [3.8, 4) is 11.3 Å². The quantitative estimate of drug-likeness (QED) is 0.726. The highest BCUT2D eigenvalue weighted by molar-refractivity contribution is 6.29. The summed E-state index contributed by atoms with van der Waals surface area (Å²) in [5, 5.41) is 0.250. The predicted octanol–water partition coefficient (Wildman–Crippen LogP) is 4.37. The fraction of sp³-hybridized carbons (Fsp3) is 0.286. The van der Waals surface area contributed by atoms with E-state index < -0.39 is 11.6 Å². The van der Waals surface area contributed by atoms with Crippen LogP contribution in [0.3, 0.4) is 0 Å². The molecular formula is C14H13ClF2N2. The first-order chi connectivity index (χ1) is 8.75. The van der Waals surface area contributed by atoms with Crippen LogP contribution in [0.15, 0.2) is 24.3 Å². The minimum Gasteiger partial charge on any atom is -0.232 e. The van der Waals surface area contributed by atoms with Crippen molar-refractivity contribution in [1.29, 1.82) is 0 Å². The minimum atomic E-state index is -0.651. The van der Waals surface area contributed by atoms with Crippen LogP contribution >= 0.6 is 11.6 Å². The molecule has 100 valence electrons. The summed E-state index contributed by atoms with van der Waals surface area (Å²) < 4.78 is 26.5. The van der Waals surface area contributed by atoms with Crippen molar-refractivity contribution in [2.24, 2.45) is 0 Å². The number of rotatable bonds is 1. The Labute approximate surface area is 115 Å². The van der Waals surface area contributed by atoms with Gasteiger partial charge in [0.05, 0.1) is 5.69 Å². The molecule has 0 radical (unpaired) electrons. The third kappa shape index (κ3) is 3.26. The summed E-state index contributed by atoms with van der Waals surface area (Å²) in [5.74, 6) is -0.774. The van der Waals surface area contributed by atoms with Crippen LogP contribution in [0.4, 0.5) is 8.78 Å². The van der Waals surface area contributed by atoms with E-state index in [1.807, 2.05) is 20.8 Å². The highest BCUT2D eigenvalue weighted by Gasteiger charge is 2.19. The van der Waals surface area contributed by atoms with Gasteiger partial charge in [0, 0.05) is 23.1 Å². The van der Waals surface area contributed by atoms with Gasteiger partial charge in [-0.2, -0.15) is 0 Å². The number of nitrogens with zero attached hydrogens (tertiary/aromatic N) is 2. The molecule has 1 heterocycles. The summed E-state index contributed by atoms with van der Waals surface area (Å²) in [6.07, 6.45) is 0. The highest BCUT2D eigenvalue weighted by atomic mass is 35.5. The molecule has 0 aliphatic heterocycles. The van der Waals surface area contributed by atoms with Crippen LogP contribution in [-0.2, 0) is 5.41 Å². The normalized spacial score (nSPS) is 11.7. The second-order valence-corrected chi connectivity index (χ2v) is 5.69. The van der Waals surface area contributed by atoms with E-state index in [1.165, 1.54) is 18.2 Å². The van der Waals surface area contributed by atoms with Gasteiger partial charge < -0.3 is 0 Å². The summed E-state index contributed by atoms with van der Waals surface area (Å²) in [6.45, 7) is 5.82. The Kier molecular flexibility index (Phi) is 3.54. The molecule has 2 nitrogen and oxygen atoms in total. The molecule has 0 atom stereocenters. The second-order valence-electron chi connectivity index (χ2n) is 5.31. The first-order valence-corrected chi connectivity index (χ1v) is 6.15. The average molecular weight is 283 g/mol. The Morgan fingerprint density at radius 3 is 2.05 bits per heavy atom. The third-order valence-electron chi connectivity index (χ3n) is 2.52. The van der Waals surface area contributed by atoms with Gasteiger partial charge >= 0.3 is 0 Å². The maximum atomic E-state index is 13.2. The Bertz CT molecular complexity index is 601. The topological polar surface area (TPSA) is 25.8 Å². The van der Waals surface area contributed by atoms with Crippen LogP contribution in [0, 0.1) is 11.6 Å². The molecule has 0 bridgehead atoms. The second kappa shape index (κ2) is 4.85. The van der Waals surface area contributed by atoms with Gasteiger partial charge in [-0.25, -0.2) is 18.7 Å². The van der Waals surface area contributed by atoms with Crippen LogP contribution in [0.25, 0.3) is 11.3 Å². The Hall–Kier alpha value is -1.55. The minimum absolute atomic E-state index is 0.250. The molecule has 0 spiro atoms. The van der Waals surface area contributed by atoms with Crippen molar-refractivity contribution in [3.63, 3.8) is 0 Å². The molecule has 1 aromatic heterocycles. The molecule has 0 saturated carbocycles. The van der Waals surface area contributed by atoms with Crippen LogP contribution < -0.4 is 0 Å². The van der Waals surface area contributed by atoms with E-state index in [2.05, 4.69) is 9.97 Å². The van der Waals surface area contributed by atoms with Crippen LogP contribution in [0.5, 0.6) is 0 Å². The van der Waals surface area contributed by atoms with Crippen molar-refractivity contribution in [2.75, 3.05) is 0 Å². The van der Waals surface area contributed by atoms with Gasteiger partial charge in [0.1, 0.15) is 22.6 Å². The monoisotopic (exact) mass is 282 g/mol. The average Bonchev–Trinajstić information content (AvgIpc) is 2.25. The van der Waals surface area contributed by atoms with Gasteiger partial charge in [-0.1, -0.05) is 32.4 Å².